The Morgan fingerprint density at radius 2 is 1.53 bits per heavy atom. The highest BCUT2D eigenvalue weighted by Gasteiger charge is 2.03. The van der Waals surface area contributed by atoms with Gasteiger partial charge in [-0.05, 0) is 23.8 Å². The number of anilines is 1. The third-order valence-electron chi connectivity index (χ3n) is 2.33. The topological polar surface area (TPSA) is 82.8 Å². The largest absolute Gasteiger partial charge is 0.496 e. The zero-order valence-corrected chi connectivity index (χ0v) is 9.50. The number of rotatable bonds is 2. The number of nitrogens with zero attached hydrogens (tertiary/aromatic N) is 2. The average Bonchev–Trinajstić information content (AvgIpc) is 2.42. The Morgan fingerprint density at radius 3 is 2.12 bits per heavy atom. The fourth-order valence-corrected chi connectivity index (χ4v) is 1.55. The Labute approximate surface area is 100 Å². The molecule has 0 bridgehead atoms. The van der Waals surface area contributed by atoms with E-state index in [0.29, 0.717) is 0 Å². The SMILES string of the molecule is COc1ccccc1-c1ccc(N)cc1.N#N. The van der Waals surface area contributed by atoms with Gasteiger partial charge in [0.1, 0.15) is 5.75 Å². The molecule has 4 nitrogen and oxygen atoms in total. The number of methoxy groups -OCH3 is 1. The standard InChI is InChI=1S/C13H13NO.N2/c1-15-13-5-3-2-4-12(13)10-6-8-11(14)9-7-10;1-2/h2-9H,14H2,1H3;. The van der Waals surface area contributed by atoms with Crippen molar-refractivity contribution in [2.24, 2.45) is 0 Å². The molecule has 17 heavy (non-hydrogen) atoms. The van der Waals surface area contributed by atoms with Gasteiger partial charge in [0.2, 0.25) is 0 Å². The summed E-state index contributed by atoms with van der Waals surface area (Å²) in [6.07, 6.45) is 0. The molecule has 0 spiro atoms. The van der Waals surface area contributed by atoms with Crippen molar-refractivity contribution in [3.8, 4) is 16.9 Å². The van der Waals surface area contributed by atoms with Crippen LogP contribution in [0, 0.1) is 10.8 Å². The number of nitrogens with two attached hydrogens (primary N) is 1. The fourth-order valence-electron chi connectivity index (χ4n) is 1.55. The van der Waals surface area contributed by atoms with E-state index < -0.39 is 0 Å². The Bertz CT molecular complexity index is 492. The minimum atomic E-state index is 0.772. The van der Waals surface area contributed by atoms with Crippen molar-refractivity contribution < 1.29 is 4.74 Å². The van der Waals surface area contributed by atoms with Crippen LogP contribution in [0.25, 0.3) is 11.1 Å². The van der Waals surface area contributed by atoms with E-state index in [0.717, 1.165) is 22.6 Å². The molecule has 0 aromatic heterocycles. The van der Waals surface area contributed by atoms with Crippen molar-refractivity contribution in [1.82, 2.24) is 0 Å². The van der Waals surface area contributed by atoms with Gasteiger partial charge in [-0.2, -0.15) is 0 Å². The van der Waals surface area contributed by atoms with Gasteiger partial charge in [0.25, 0.3) is 0 Å². The minimum absolute atomic E-state index is 0.772. The molecule has 0 amide bonds. The lowest BCUT2D eigenvalue weighted by molar-refractivity contribution is 0.416. The normalized spacial score (nSPS) is 8.88. The van der Waals surface area contributed by atoms with E-state index in [1.165, 1.54) is 0 Å². The monoisotopic (exact) mass is 227 g/mol. The highest BCUT2D eigenvalue weighted by atomic mass is 16.5. The fraction of sp³-hybridized carbons (Fsp3) is 0.0769. The van der Waals surface area contributed by atoms with Gasteiger partial charge in [-0.3, -0.25) is 0 Å². The number of benzene rings is 2. The second kappa shape index (κ2) is 6.13. The molecular formula is C13H13N3O. The van der Waals surface area contributed by atoms with Gasteiger partial charge in [0.05, 0.1) is 7.11 Å². The molecule has 2 aromatic carbocycles. The van der Waals surface area contributed by atoms with Crippen LogP contribution in [-0.2, 0) is 0 Å². The van der Waals surface area contributed by atoms with Crippen LogP contribution in [0.4, 0.5) is 5.69 Å². The molecule has 2 aromatic rings. The molecule has 2 N–H and O–H groups in total. The molecule has 0 aliphatic rings. The van der Waals surface area contributed by atoms with E-state index in [9.17, 15) is 0 Å². The van der Waals surface area contributed by atoms with Crippen LogP contribution >= 0.6 is 0 Å². The van der Waals surface area contributed by atoms with Crippen LogP contribution in [0.3, 0.4) is 0 Å². The van der Waals surface area contributed by atoms with E-state index in [4.69, 9.17) is 21.3 Å². The van der Waals surface area contributed by atoms with Crippen LogP contribution < -0.4 is 10.5 Å². The molecule has 0 aliphatic heterocycles. The van der Waals surface area contributed by atoms with Gasteiger partial charge >= 0.3 is 0 Å². The van der Waals surface area contributed by atoms with Gasteiger partial charge in [-0.15, -0.1) is 0 Å². The Hall–Kier alpha value is -2.54. The summed E-state index contributed by atoms with van der Waals surface area (Å²) in [6, 6.07) is 15.7. The molecular weight excluding hydrogens is 214 g/mol. The van der Waals surface area contributed by atoms with Crippen molar-refractivity contribution in [2.45, 2.75) is 0 Å². The van der Waals surface area contributed by atoms with Crippen LogP contribution in [-0.4, -0.2) is 7.11 Å². The van der Waals surface area contributed by atoms with Gasteiger partial charge in [-0.1, -0.05) is 30.3 Å². The van der Waals surface area contributed by atoms with Gasteiger partial charge in [0, 0.05) is 22.0 Å². The molecule has 4 heteroatoms. The summed E-state index contributed by atoms with van der Waals surface area (Å²) in [5.74, 6) is 0.877. The molecule has 0 heterocycles. The maximum absolute atomic E-state index is 6.00. The summed E-state index contributed by atoms with van der Waals surface area (Å²) in [5.41, 5.74) is 8.61. The van der Waals surface area contributed by atoms with Gasteiger partial charge in [-0.25, -0.2) is 0 Å². The smallest absolute Gasteiger partial charge is 0.126 e. The molecule has 86 valence electrons. The predicted octanol–water partition coefficient (Wildman–Crippen LogP) is 2.97. The molecule has 0 radical (unpaired) electrons. The number of nitrogen functional groups attached to an aromatic ring is 1. The first-order chi connectivity index (χ1) is 8.31. The molecule has 0 fully saturated rings. The van der Waals surface area contributed by atoms with Crippen LogP contribution in [0.15, 0.2) is 48.5 Å². The maximum Gasteiger partial charge on any atom is 0.126 e. The van der Waals surface area contributed by atoms with Gasteiger partial charge < -0.3 is 10.5 Å². The number of hydrogen-bond acceptors (Lipinski definition) is 4. The second-order valence-corrected chi connectivity index (χ2v) is 3.32. The van der Waals surface area contributed by atoms with Crippen LogP contribution in [0.1, 0.15) is 0 Å². The lowest BCUT2D eigenvalue weighted by atomic mass is 10.0. The number of hydrogen-bond donors (Lipinski definition) is 1. The van der Waals surface area contributed by atoms with Crippen molar-refractivity contribution in [2.75, 3.05) is 12.8 Å². The summed E-state index contributed by atoms with van der Waals surface area (Å²) < 4.78 is 5.30. The van der Waals surface area contributed by atoms with E-state index in [1.54, 1.807) is 7.11 Å². The van der Waals surface area contributed by atoms with E-state index >= 15 is 0 Å². The first kappa shape index (κ1) is 12.5. The molecule has 0 saturated heterocycles. The third-order valence-corrected chi connectivity index (χ3v) is 2.33. The Kier molecular flexibility index (Phi) is 4.52. The lowest BCUT2D eigenvalue weighted by Gasteiger charge is -2.08. The summed E-state index contributed by atoms with van der Waals surface area (Å²) >= 11 is 0. The third kappa shape index (κ3) is 2.95. The highest BCUT2D eigenvalue weighted by molar-refractivity contribution is 5.71. The first-order valence-electron chi connectivity index (χ1n) is 5.00. The lowest BCUT2D eigenvalue weighted by Crippen LogP contribution is -1.88. The molecule has 0 aliphatic carbocycles. The summed E-state index contributed by atoms with van der Waals surface area (Å²) in [6.45, 7) is 0. The summed E-state index contributed by atoms with van der Waals surface area (Å²) in [4.78, 5) is 0. The minimum Gasteiger partial charge on any atom is -0.496 e. The average molecular weight is 227 g/mol. The highest BCUT2D eigenvalue weighted by Crippen LogP contribution is 2.29. The Balaban J connectivity index is 0.000000686. The first-order valence-corrected chi connectivity index (χ1v) is 5.00. The second-order valence-electron chi connectivity index (χ2n) is 3.32. The zero-order valence-electron chi connectivity index (χ0n) is 9.50. The van der Waals surface area contributed by atoms with Crippen molar-refractivity contribution in [3.05, 3.63) is 48.5 Å². The molecule has 2 rings (SSSR count). The van der Waals surface area contributed by atoms with E-state index in [-0.39, 0.29) is 0 Å². The quantitative estimate of drug-likeness (QED) is 0.631. The maximum atomic E-state index is 6.00. The van der Waals surface area contributed by atoms with Crippen molar-refractivity contribution in [1.29, 1.82) is 10.8 Å². The Morgan fingerprint density at radius 1 is 0.941 bits per heavy atom. The summed E-state index contributed by atoms with van der Waals surface area (Å²) in [5, 5.41) is 12.0. The van der Waals surface area contributed by atoms with Gasteiger partial charge in [0.15, 0.2) is 0 Å². The predicted molar refractivity (Wildman–Crippen MR) is 66.3 cm³/mol. The molecule has 0 saturated carbocycles. The van der Waals surface area contributed by atoms with E-state index in [2.05, 4.69) is 0 Å². The van der Waals surface area contributed by atoms with E-state index in [1.807, 2.05) is 48.5 Å². The number of ether oxygens (including phenoxy) is 1. The molecule has 0 unspecified atom stereocenters. The van der Waals surface area contributed by atoms with Crippen LogP contribution in [0.5, 0.6) is 5.75 Å². The summed E-state index contributed by atoms with van der Waals surface area (Å²) in [7, 11) is 1.68. The van der Waals surface area contributed by atoms with Crippen LogP contribution in [0.2, 0.25) is 0 Å². The van der Waals surface area contributed by atoms with Crippen molar-refractivity contribution >= 4 is 5.69 Å². The molecule has 0 atom stereocenters. The zero-order chi connectivity index (χ0) is 12.7. The van der Waals surface area contributed by atoms with Crippen molar-refractivity contribution in [3.63, 3.8) is 0 Å². The number of para-hydroxylation sites is 1.